The molecular weight excluding hydrogens is 296 g/mol. The first kappa shape index (κ1) is 14.2. The van der Waals surface area contributed by atoms with Crippen molar-refractivity contribution in [2.75, 3.05) is 0 Å². The van der Waals surface area contributed by atoms with Crippen LogP contribution >= 0.6 is 0 Å². The van der Waals surface area contributed by atoms with Gasteiger partial charge in [-0.25, -0.2) is 0 Å². The van der Waals surface area contributed by atoms with Crippen molar-refractivity contribution in [1.29, 1.82) is 0 Å². The van der Waals surface area contributed by atoms with E-state index in [0.29, 0.717) is 6.61 Å². The van der Waals surface area contributed by atoms with Crippen molar-refractivity contribution in [3.8, 4) is 0 Å². The molecule has 4 rings (SSSR count). The van der Waals surface area contributed by atoms with Gasteiger partial charge in [0.2, 0.25) is 0 Å². The smallest absolute Gasteiger partial charge is 0.193 e. The van der Waals surface area contributed by atoms with E-state index < -0.39 is 9.76 Å². The second-order valence-electron chi connectivity index (χ2n) is 5.78. The molecule has 2 heteroatoms. The Kier molecular flexibility index (Phi) is 3.93. The van der Waals surface area contributed by atoms with E-state index in [1.165, 1.54) is 32.3 Å². The normalized spacial score (nSPS) is 11.7. The number of hydrogen-bond acceptors (Lipinski definition) is 1. The fourth-order valence-electron chi connectivity index (χ4n) is 3.10. The summed E-state index contributed by atoms with van der Waals surface area (Å²) in [6, 6.07) is 30.0. The quantitative estimate of drug-likeness (QED) is 0.410. The molecule has 23 heavy (non-hydrogen) atoms. The maximum Gasteiger partial charge on any atom is 0.193 e. The fourth-order valence-corrected chi connectivity index (χ4v) is 4.43. The van der Waals surface area contributed by atoms with Gasteiger partial charge in [-0.15, -0.1) is 0 Å². The lowest BCUT2D eigenvalue weighted by atomic mass is 10.0. The van der Waals surface area contributed by atoms with Gasteiger partial charge in [-0.3, -0.25) is 0 Å². The Balaban J connectivity index is 1.68. The van der Waals surface area contributed by atoms with Crippen molar-refractivity contribution in [2.45, 2.75) is 6.61 Å². The number of rotatable bonds is 4. The third-order valence-electron chi connectivity index (χ3n) is 4.22. The maximum atomic E-state index is 6.10. The molecule has 0 N–H and O–H groups in total. The summed E-state index contributed by atoms with van der Waals surface area (Å²) in [6.45, 7) is 0.703. The van der Waals surface area contributed by atoms with E-state index in [-0.39, 0.29) is 0 Å². The summed E-state index contributed by atoms with van der Waals surface area (Å²) in [5, 5.41) is 6.68. The van der Waals surface area contributed by atoms with Crippen LogP contribution in [0.3, 0.4) is 0 Å². The Morgan fingerprint density at radius 2 is 1.30 bits per heavy atom. The molecule has 0 heterocycles. The maximum absolute atomic E-state index is 6.10. The first-order valence-corrected chi connectivity index (χ1v) is 9.21. The summed E-state index contributed by atoms with van der Waals surface area (Å²) in [7, 11) is -0.765. The molecule has 0 bridgehead atoms. The first-order valence-electron chi connectivity index (χ1n) is 7.93. The fraction of sp³-hybridized carbons (Fsp3) is 0.0476. The van der Waals surface area contributed by atoms with E-state index in [0.717, 1.165) is 0 Å². The third-order valence-corrected chi connectivity index (χ3v) is 5.53. The lowest BCUT2D eigenvalue weighted by Crippen LogP contribution is -2.18. The minimum atomic E-state index is -0.765. The summed E-state index contributed by atoms with van der Waals surface area (Å²) in [5.41, 5.74) is 1.24. The van der Waals surface area contributed by atoms with Crippen LogP contribution in [0.2, 0.25) is 0 Å². The molecule has 0 aliphatic rings. The monoisotopic (exact) mass is 314 g/mol. The van der Waals surface area contributed by atoms with Gasteiger partial charge in [-0.2, -0.15) is 0 Å². The van der Waals surface area contributed by atoms with Crippen LogP contribution in [-0.4, -0.2) is 9.76 Å². The lowest BCUT2D eigenvalue weighted by molar-refractivity contribution is 0.330. The average molecular weight is 314 g/mol. The Hall–Kier alpha value is -2.42. The lowest BCUT2D eigenvalue weighted by Gasteiger charge is -2.11. The summed E-state index contributed by atoms with van der Waals surface area (Å²) < 4.78 is 6.10. The molecule has 4 aromatic carbocycles. The number of fused-ring (bicyclic) bond motifs is 3. The van der Waals surface area contributed by atoms with Gasteiger partial charge in [0.25, 0.3) is 0 Å². The largest absolute Gasteiger partial charge is 0.414 e. The standard InChI is InChI=1S/C21H18OSi/c1-2-8-16(9-3-1)15-22-23-21-14-17-10-4-5-11-18(17)19-12-6-7-13-20(19)21/h1-14H,15,23H2. The van der Waals surface area contributed by atoms with Crippen LogP contribution in [0.1, 0.15) is 5.56 Å². The summed E-state index contributed by atoms with van der Waals surface area (Å²) in [6.07, 6.45) is 0. The Morgan fingerprint density at radius 1 is 0.652 bits per heavy atom. The van der Waals surface area contributed by atoms with E-state index in [9.17, 15) is 0 Å². The van der Waals surface area contributed by atoms with Gasteiger partial charge in [0.15, 0.2) is 9.76 Å². The van der Waals surface area contributed by atoms with Crippen LogP contribution in [0.5, 0.6) is 0 Å². The molecule has 112 valence electrons. The zero-order valence-corrected chi connectivity index (χ0v) is 14.3. The zero-order chi connectivity index (χ0) is 15.5. The van der Waals surface area contributed by atoms with Crippen LogP contribution in [0.25, 0.3) is 21.5 Å². The van der Waals surface area contributed by atoms with E-state index in [2.05, 4.69) is 78.9 Å². The third kappa shape index (κ3) is 2.91. The van der Waals surface area contributed by atoms with Crippen molar-refractivity contribution in [1.82, 2.24) is 0 Å². The second-order valence-corrected chi connectivity index (χ2v) is 7.24. The molecule has 0 aliphatic heterocycles. The number of hydrogen-bond donors (Lipinski definition) is 0. The van der Waals surface area contributed by atoms with Crippen molar-refractivity contribution in [2.24, 2.45) is 0 Å². The summed E-state index contributed by atoms with van der Waals surface area (Å²) in [4.78, 5) is 0. The Morgan fingerprint density at radius 3 is 2.13 bits per heavy atom. The Labute approximate surface area is 138 Å². The zero-order valence-electron chi connectivity index (χ0n) is 12.9. The van der Waals surface area contributed by atoms with Crippen LogP contribution in [0.15, 0.2) is 84.9 Å². The van der Waals surface area contributed by atoms with E-state index in [1.807, 2.05) is 6.07 Å². The van der Waals surface area contributed by atoms with Gasteiger partial charge in [-0.05, 0) is 32.3 Å². The molecule has 0 aromatic heterocycles. The highest BCUT2D eigenvalue weighted by Crippen LogP contribution is 2.23. The van der Waals surface area contributed by atoms with Crippen molar-refractivity contribution in [3.63, 3.8) is 0 Å². The van der Waals surface area contributed by atoms with E-state index in [4.69, 9.17) is 4.43 Å². The van der Waals surface area contributed by atoms with Gasteiger partial charge < -0.3 is 4.43 Å². The van der Waals surface area contributed by atoms with Crippen LogP contribution < -0.4 is 5.19 Å². The molecule has 0 fully saturated rings. The van der Waals surface area contributed by atoms with Crippen LogP contribution in [0.4, 0.5) is 0 Å². The first-order chi connectivity index (χ1) is 11.4. The topological polar surface area (TPSA) is 9.23 Å². The Bertz CT molecular complexity index is 947. The minimum Gasteiger partial charge on any atom is -0.414 e. The molecular formula is C21H18OSi. The molecule has 0 saturated heterocycles. The van der Waals surface area contributed by atoms with Gasteiger partial charge in [0, 0.05) is 0 Å². The van der Waals surface area contributed by atoms with Crippen molar-refractivity contribution in [3.05, 3.63) is 90.5 Å². The van der Waals surface area contributed by atoms with Gasteiger partial charge in [0.1, 0.15) is 0 Å². The predicted molar refractivity (Wildman–Crippen MR) is 101 cm³/mol. The molecule has 0 unspecified atom stereocenters. The van der Waals surface area contributed by atoms with Gasteiger partial charge in [-0.1, -0.05) is 84.9 Å². The van der Waals surface area contributed by atoms with Gasteiger partial charge in [0.05, 0.1) is 6.61 Å². The van der Waals surface area contributed by atoms with Crippen LogP contribution in [-0.2, 0) is 11.0 Å². The highest BCUT2D eigenvalue weighted by atomic mass is 28.2. The molecule has 0 radical (unpaired) electrons. The van der Waals surface area contributed by atoms with Gasteiger partial charge >= 0.3 is 0 Å². The second kappa shape index (κ2) is 6.37. The molecule has 1 nitrogen and oxygen atoms in total. The molecule has 0 spiro atoms. The molecule has 4 aromatic rings. The van der Waals surface area contributed by atoms with E-state index >= 15 is 0 Å². The average Bonchev–Trinajstić information content (AvgIpc) is 2.63. The predicted octanol–water partition coefficient (Wildman–Crippen LogP) is 3.92. The minimum absolute atomic E-state index is 0.703. The highest BCUT2D eigenvalue weighted by molar-refractivity contribution is 6.52. The SMILES string of the molecule is c1ccc(CO[SiH2]c2cc3ccccc3c3ccccc23)cc1. The highest BCUT2D eigenvalue weighted by Gasteiger charge is 2.06. The van der Waals surface area contributed by atoms with Crippen molar-refractivity contribution < 1.29 is 4.43 Å². The summed E-state index contributed by atoms with van der Waals surface area (Å²) >= 11 is 0. The van der Waals surface area contributed by atoms with E-state index in [1.54, 1.807) is 0 Å². The van der Waals surface area contributed by atoms with Crippen molar-refractivity contribution >= 4 is 36.5 Å². The van der Waals surface area contributed by atoms with Crippen LogP contribution in [0, 0.1) is 0 Å². The summed E-state index contributed by atoms with van der Waals surface area (Å²) in [5.74, 6) is 0. The molecule has 0 atom stereocenters. The molecule has 0 aliphatic carbocycles. The molecule has 0 saturated carbocycles. The number of benzene rings is 4. The molecule has 0 amide bonds.